The zero-order valence-corrected chi connectivity index (χ0v) is 17.6. The Morgan fingerprint density at radius 3 is 2.41 bits per heavy atom. The van der Waals surface area contributed by atoms with E-state index in [0.717, 1.165) is 18.5 Å². The highest BCUT2D eigenvalue weighted by Crippen LogP contribution is 2.38. The van der Waals surface area contributed by atoms with Crippen molar-refractivity contribution in [3.05, 3.63) is 79.6 Å². The summed E-state index contributed by atoms with van der Waals surface area (Å²) in [5.41, 5.74) is 1.31. The van der Waals surface area contributed by atoms with E-state index in [1.807, 2.05) is 26.2 Å². The molecule has 1 unspecified atom stereocenters. The lowest BCUT2D eigenvalue weighted by atomic mass is 9.98. The summed E-state index contributed by atoms with van der Waals surface area (Å²) < 4.78 is 5.90. The van der Waals surface area contributed by atoms with Crippen molar-refractivity contribution in [1.82, 2.24) is 9.80 Å². The molecular formula is C22H20Cl2N2O3. The SMILES string of the molecule is CN(C)CCCN1C(=O)c2oc3ccc(Cl)cc3c(=O)c2C1c1ccc(Cl)cc1. The van der Waals surface area contributed by atoms with Gasteiger partial charge in [0.25, 0.3) is 5.91 Å². The molecule has 0 radical (unpaired) electrons. The molecule has 1 aliphatic heterocycles. The molecule has 4 rings (SSSR count). The van der Waals surface area contributed by atoms with E-state index >= 15 is 0 Å². The summed E-state index contributed by atoms with van der Waals surface area (Å²) in [7, 11) is 3.97. The molecule has 29 heavy (non-hydrogen) atoms. The summed E-state index contributed by atoms with van der Waals surface area (Å²) in [5.74, 6) is -0.165. The topological polar surface area (TPSA) is 53.8 Å². The minimum atomic E-state index is -0.517. The maximum Gasteiger partial charge on any atom is 0.290 e. The zero-order valence-electron chi connectivity index (χ0n) is 16.1. The molecule has 1 aromatic heterocycles. The van der Waals surface area contributed by atoms with Gasteiger partial charge in [-0.05, 0) is 63.0 Å². The number of fused-ring (bicyclic) bond motifs is 2. The number of nitrogens with zero attached hydrogens (tertiary/aromatic N) is 2. The largest absolute Gasteiger partial charge is 0.450 e. The highest BCUT2D eigenvalue weighted by Gasteiger charge is 2.42. The van der Waals surface area contributed by atoms with Crippen molar-refractivity contribution in [2.75, 3.05) is 27.2 Å². The van der Waals surface area contributed by atoms with E-state index in [9.17, 15) is 9.59 Å². The number of carbonyl (C=O) groups excluding carboxylic acids is 1. The third kappa shape index (κ3) is 3.66. The maximum absolute atomic E-state index is 13.4. The monoisotopic (exact) mass is 430 g/mol. The first-order chi connectivity index (χ1) is 13.9. The molecule has 2 heterocycles. The average molecular weight is 431 g/mol. The molecule has 2 aromatic carbocycles. The first-order valence-electron chi connectivity index (χ1n) is 9.34. The zero-order chi connectivity index (χ0) is 20.7. The van der Waals surface area contributed by atoms with Crippen molar-refractivity contribution in [3.8, 4) is 0 Å². The Hall–Kier alpha value is -2.34. The van der Waals surface area contributed by atoms with E-state index in [4.69, 9.17) is 27.6 Å². The van der Waals surface area contributed by atoms with Gasteiger partial charge in [-0.25, -0.2) is 0 Å². The van der Waals surface area contributed by atoms with E-state index in [0.29, 0.717) is 33.1 Å². The van der Waals surface area contributed by atoms with Gasteiger partial charge in [-0.3, -0.25) is 9.59 Å². The second-order valence-electron chi connectivity index (χ2n) is 7.42. The second kappa shape index (κ2) is 7.82. The number of rotatable bonds is 5. The van der Waals surface area contributed by atoms with Gasteiger partial charge in [0, 0.05) is 16.6 Å². The minimum Gasteiger partial charge on any atom is -0.450 e. The normalized spacial score (nSPS) is 16.1. The Morgan fingerprint density at radius 2 is 1.72 bits per heavy atom. The van der Waals surface area contributed by atoms with Gasteiger partial charge in [-0.15, -0.1) is 0 Å². The Bertz CT molecular complexity index is 1140. The number of hydrogen-bond donors (Lipinski definition) is 0. The molecular weight excluding hydrogens is 411 g/mol. The third-order valence-corrected chi connectivity index (χ3v) is 5.60. The molecule has 1 aliphatic rings. The molecule has 1 atom stereocenters. The van der Waals surface area contributed by atoms with Gasteiger partial charge in [0.2, 0.25) is 5.76 Å². The van der Waals surface area contributed by atoms with Crippen molar-refractivity contribution in [3.63, 3.8) is 0 Å². The predicted octanol–water partition coefficient (Wildman–Crippen LogP) is 4.60. The van der Waals surface area contributed by atoms with Gasteiger partial charge in [0.1, 0.15) is 5.58 Å². The summed E-state index contributed by atoms with van der Waals surface area (Å²) in [6.45, 7) is 1.33. The third-order valence-electron chi connectivity index (χ3n) is 5.12. The smallest absolute Gasteiger partial charge is 0.290 e. The summed E-state index contributed by atoms with van der Waals surface area (Å²) >= 11 is 12.1. The second-order valence-corrected chi connectivity index (χ2v) is 8.30. The highest BCUT2D eigenvalue weighted by atomic mass is 35.5. The van der Waals surface area contributed by atoms with Crippen LogP contribution in [0.3, 0.4) is 0 Å². The molecule has 3 aromatic rings. The van der Waals surface area contributed by atoms with Gasteiger partial charge in [0.15, 0.2) is 5.43 Å². The summed E-state index contributed by atoms with van der Waals surface area (Å²) in [4.78, 5) is 30.3. The lowest BCUT2D eigenvalue weighted by Crippen LogP contribution is -2.32. The van der Waals surface area contributed by atoms with Crippen LogP contribution in [-0.4, -0.2) is 42.9 Å². The van der Waals surface area contributed by atoms with Crippen LogP contribution in [0.15, 0.2) is 51.7 Å². The molecule has 0 fully saturated rings. The minimum absolute atomic E-state index is 0.106. The van der Waals surface area contributed by atoms with Crippen LogP contribution in [0.25, 0.3) is 11.0 Å². The number of halogens is 2. The summed E-state index contributed by atoms with van der Waals surface area (Å²) in [6.07, 6.45) is 0.774. The van der Waals surface area contributed by atoms with Crippen molar-refractivity contribution in [2.45, 2.75) is 12.5 Å². The van der Waals surface area contributed by atoms with Gasteiger partial charge in [-0.1, -0.05) is 35.3 Å². The van der Waals surface area contributed by atoms with Crippen LogP contribution in [0.1, 0.15) is 34.1 Å². The quantitative estimate of drug-likeness (QED) is 0.593. The molecule has 0 spiro atoms. The number of amides is 1. The van der Waals surface area contributed by atoms with Crippen LogP contribution in [0.2, 0.25) is 10.0 Å². The van der Waals surface area contributed by atoms with E-state index in [2.05, 4.69) is 4.90 Å². The Labute approximate surface area is 178 Å². The van der Waals surface area contributed by atoms with E-state index in [1.165, 1.54) is 0 Å². The van der Waals surface area contributed by atoms with Crippen LogP contribution in [0, 0.1) is 0 Å². The lowest BCUT2D eigenvalue weighted by molar-refractivity contribution is 0.0722. The molecule has 7 heteroatoms. The van der Waals surface area contributed by atoms with Crippen molar-refractivity contribution >= 4 is 40.1 Å². The maximum atomic E-state index is 13.4. The van der Waals surface area contributed by atoms with Crippen LogP contribution in [-0.2, 0) is 0 Å². The first kappa shape index (κ1) is 20.0. The van der Waals surface area contributed by atoms with Crippen LogP contribution < -0.4 is 5.43 Å². The number of benzene rings is 2. The van der Waals surface area contributed by atoms with Gasteiger partial charge in [-0.2, -0.15) is 0 Å². The van der Waals surface area contributed by atoms with Gasteiger partial charge >= 0.3 is 0 Å². The summed E-state index contributed by atoms with van der Waals surface area (Å²) in [6, 6.07) is 11.5. The van der Waals surface area contributed by atoms with Crippen molar-refractivity contribution in [1.29, 1.82) is 0 Å². The van der Waals surface area contributed by atoms with Gasteiger partial charge in [0.05, 0.1) is 17.0 Å². The fraction of sp³-hybridized carbons (Fsp3) is 0.273. The Morgan fingerprint density at radius 1 is 1.03 bits per heavy atom. The highest BCUT2D eigenvalue weighted by molar-refractivity contribution is 6.31. The Kier molecular flexibility index (Phi) is 5.38. The number of carbonyl (C=O) groups is 1. The van der Waals surface area contributed by atoms with Crippen LogP contribution in [0.5, 0.6) is 0 Å². The molecule has 0 N–H and O–H groups in total. The fourth-order valence-corrected chi connectivity index (χ4v) is 4.07. The van der Waals surface area contributed by atoms with Gasteiger partial charge < -0.3 is 14.2 Å². The molecule has 0 aliphatic carbocycles. The fourth-order valence-electron chi connectivity index (χ4n) is 3.77. The van der Waals surface area contributed by atoms with Crippen LogP contribution in [0.4, 0.5) is 0 Å². The molecule has 0 bridgehead atoms. The Balaban J connectivity index is 1.88. The van der Waals surface area contributed by atoms with Crippen molar-refractivity contribution in [2.24, 2.45) is 0 Å². The molecule has 150 valence electrons. The molecule has 5 nitrogen and oxygen atoms in total. The van der Waals surface area contributed by atoms with E-state index in [1.54, 1.807) is 35.2 Å². The molecule has 0 saturated carbocycles. The van der Waals surface area contributed by atoms with E-state index < -0.39 is 6.04 Å². The molecule has 1 amide bonds. The molecule has 0 saturated heterocycles. The summed E-state index contributed by atoms with van der Waals surface area (Å²) in [5, 5.41) is 1.41. The number of hydrogen-bond acceptors (Lipinski definition) is 4. The predicted molar refractivity (Wildman–Crippen MR) is 115 cm³/mol. The standard InChI is InChI=1S/C22H20Cl2N2O3/c1-25(2)10-3-11-26-19(13-4-6-14(23)7-5-13)18-20(27)16-12-15(24)8-9-17(16)29-21(18)22(26)28/h4-9,12,19H,3,10-11H2,1-2H3. The first-order valence-corrected chi connectivity index (χ1v) is 10.1. The van der Waals surface area contributed by atoms with Crippen molar-refractivity contribution < 1.29 is 9.21 Å². The van der Waals surface area contributed by atoms with Crippen LogP contribution >= 0.6 is 23.2 Å². The average Bonchev–Trinajstić information content (AvgIpc) is 2.95. The lowest BCUT2D eigenvalue weighted by Gasteiger charge is -2.25. The van der Waals surface area contributed by atoms with E-state index in [-0.39, 0.29) is 17.1 Å².